The fourth-order valence-electron chi connectivity index (χ4n) is 2.94. The van der Waals surface area contributed by atoms with Crippen LogP contribution in [0.15, 0.2) is 29.3 Å². The van der Waals surface area contributed by atoms with Gasteiger partial charge in [0, 0.05) is 37.8 Å². The summed E-state index contributed by atoms with van der Waals surface area (Å²) in [6.45, 7) is 6.03. The Balaban J connectivity index is 2.04. The van der Waals surface area contributed by atoms with E-state index in [9.17, 15) is 13.6 Å². The van der Waals surface area contributed by atoms with E-state index in [1.165, 1.54) is 10.5 Å². The molecule has 1 aliphatic heterocycles. The minimum atomic E-state index is -3.56. The van der Waals surface area contributed by atoms with Crippen LogP contribution >= 0.6 is 0 Å². The molecule has 7 nitrogen and oxygen atoms in total. The van der Waals surface area contributed by atoms with Crippen molar-refractivity contribution in [3.05, 3.63) is 35.2 Å². The van der Waals surface area contributed by atoms with E-state index < -0.39 is 10.0 Å². The second-order valence-electron chi connectivity index (χ2n) is 6.71. The van der Waals surface area contributed by atoms with Gasteiger partial charge in [-0.1, -0.05) is 0 Å². The van der Waals surface area contributed by atoms with Gasteiger partial charge in [0.15, 0.2) is 12.3 Å². The number of benzene rings is 1. The number of H-pyrrole nitrogens is 1. The van der Waals surface area contributed by atoms with Crippen molar-refractivity contribution >= 4 is 27.1 Å². The number of hydroxylamine groups is 1. The first-order valence-electron chi connectivity index (χ1n) is 8.40. The molecular weight excluding hydrogens is 340 g/mol. The molecule has 136 valence electrons. The third-order valence-electron chi connectivity index (χ3n) is 4.57. The summed E-state index contributed by atoms with van der Waals surface area (Å²) < 4.78 is 28.5. The highest BCUT2D eigenvalue weighted by atomic mass is 32.2. The Bertz CT molecular complexity index is 894. The van der Waals surface area contributed by atoms with Gasteiger partial charge in [0.05, 0.1) is 16.0 Å². The fourth-order valence-corrected chi connectivity index (χ4v) is 4.55. The molecule has 1 aromatic heterocycles. The molecule has 0 saturated carbocycles. The molecule has 1 fully saturated rings. The number of hydrogen-bond donors (Lipinski definition) is 1. The van der Waals surface area contributed by atoms with E-state index in [4.69, 9.17) is 0 Å². The van der Waals surface area contributed by atoms with Crippen molar-refractivity contribution in [1.82, 2.24) is 14.2 Å². The highest BCUT2D eigenvalue weighted by Crippen LogP contribution is 2.27. The third-order valence-corrected chi connectivity index (χ3v) is 6.53. The van der Waals surface area contributed by atoms with E-state index in [0.717, 1.165) is 17.8 Å². The first-order valence-corrected chi connectivity index (χ1v) is 9.84. The lowest BCUT2D eigenvalue weighted by molar-refractivity contribution is -0.487. The molecule has 0 radical (unpaired) electrons. The SMILES string of the molecule is CC(C)/[N+]([O-])=C/c1ccc(S(=O)(=O)N2CCN(C)CC2)c2cc[nH]c12. The number of hydrogen-bond acceptors (Lipinski definition) is 4. The number of sulfonamides is 1. The van der Waals surface area contributed by atoms with Gasteiger partial charge >= 0.3 is 0 Å². The summed E-state index contributed by atoms with van der Waals surface area (Å²) in [5.74, 6) is 0. The van der Waals surface area contributed by atoms with E-state index in [-0.39, 0.29) is 10.9 Å². The van der Waals surface area contributed by atoms with Crippen molar-refractivity contribution in [3.63, 3.8) is 0 Å². The van der Waals surface area contributed by atoms with Crippen LogP contribution in [0.3, 0.4) is 0 Å². The Hall–Kier alpha value is -1.90. The van der Waals surface area contributed by atoms with Gasteiger partial charge in [0.2, 0.25) is 10.0 Å². The summed E-state index contributed by atoms with van der Waals surface area (Å²) in [5.41, 5.74) is 1.35. The molecule has 3 rings (SSSR count). The maximum Gasteiger partial charge on any atom is 0.243 e. The van der Waals surface area contributed by atoms with Crippen LogP contribution < -0.4 is 0 Å². The molecule has 1 N–H and O–H groups in total. The number of nitrogens with one attached hydrogen (secondary N) is 1. The van der Waals surface area contributed by atoms with E-state index in [2.05, 4.69) is 9.88 Å². The Labute approximate surface area is 148 Å². The van der Waals surface area contributed by atoms with Gasteiger partial charge in [-0.2, -0.15) is 4.31 Å². The lowest BCUT2D eigenvalue weighted by atomic mass is 10.1. The zero-order valence-corrected chi connectivity index (χ0v) is 15.6. The van der Waals surface area contributed by atoms with Crippen molar-refractivity contribution in [1.29, 1.82) is 0 Å². The lowest BCUT2D eigenvalue weighted by Crippen LogP contribution is -2.47. The summed E-state index contributed by atoms with van der Waals surface area (Å²) >= 11 is 0. The van der Waals surface area contributed by atoms with Crippen LogP contribution in [0.2, 0.25) is 0 Å². The first kappa shape index (κ1) is 17.9. The Morgan fingerprint density at radius 3 is 2.52 bits per heavy atom. The summed E-state index contributed by atoms with van der Waals surface area (Å²) in [7, 11) is -1.57. The Morgan fingerprint density at radius 1 is 1.20 bits per heavy atom. The first-order chi connectivity index (χ1) is 11.8. The third kappa shape index (κ3) is 3.42. The number of piperazine rings is 1. The van der Waals surface area contributed by atoms with E-state index in [1.807, 2.05) is 20.9 Å². The highest BCUT2D eigenvalue weighted by molar-refractivity contribution is 7.89. The quantitative estimate of drug-likeness (QED) is 0.385. The van der Waals surface area contributed by atoms with Gasteiger partial charge in [0.1, 0.15) is 0 Å². The summed E-state index contributed by atoms with van der Waals surface area (Å²) in [4.78, 5) is 5.47. The predicted octanol–water partition coefficient (Wildman–Crippen LogP) is 1.44. The van der Waals surface area contributed by atoms with Crippen LogP contribution in [0, 0.1) is 5.21 Å². The van der Waals surface area contributed by atoms with Gasteiger partial charge < -0.3 is 15.1 Å². The molecule has 2 aromatic rings. The molecular formula is C17H24N4O3S. The molecule has 1 aliphatic rings. The number of fused-ring (bicyclic) bond motifs is 1. The number of aromatic amines is 1. The van der Waals surface area contributed by atoms with Crippen molar-refractivity contribution < 1.29 is 13.2 Å². The average Bonchev–Trinajstić information content (AvgIpc) is 3.05. The minimum Gasteiger partial charge on any atom is -0.624 e. The number of aromatic nitrogens is 1. The maximum atomic E-state index is 13.1. The molecule has 0 atom stereocenters. The molecule has 0 unspecified atom stereocenters. The summed E-state index contributed by atoms with van der Waals surface area (Å²) in [6, 6.07) is 4.86. The monoisotopic (exact) mass is 364 g/mol. The zero-order valence-electron chi connectivity index (χ0n) is 14.8. The molecule has 0 spiro atoms. The zero-order chi connectivity index (χ0) is 18.2. The van der Waals surface area contributed by atoms with Gasteiger partial charge in [-0.25, -0.2) is 13.2 Å². The predicted molar refractivity (Wildman–Crippen MR) is 98.5 cm³/mol. The lowest BCUT2D eigenvalue weighted by Gasteiger charge is -2.31. The summed E-state index contributed by atoms with van der Waals surface area (Å²) in [5, 5.41) is 12.6. The molecule has 0 bridgehead atoms. The van der Waals surface area contributed by atoms with Crippen LogP contribution in [-0.4, -0.2) is 72.8 Å². The molecule has 0 aliphatic carbocycles. The van der Waals surface area contributed by atoms with E-state index in [1.54, 1.807) is 24.4 Å². The topological polar surface area (TPSA) is 82.5 Å². The van der Waals surface area contributed by atoms with Crippen LogP contribution in [0.5, 0.6) is 0 Å². The van der Waals surface area contributed by atoms with Crippen LogP contribution in [0.25, 0.3) is 10.9 Å². The fraction of sp³-hybridized carbons (Fsp3) is 0.471. The standard InChI is InChI=1S/C17H24N4O3S/c1-13(2)21(22)12-14-4-5-16(15-6-7-18-17(14)15)25(23,24)20-10-8-19(3)9-11-20/h4-7,12-13,18H,8-11H2,1-3H3/b21-12-. The minimum absolute atomic E-state index is 0.182. The van der Waals surface area contributed by atoms with Gasteiger partial charge in [0.25, 0.3) is 0 Å². The van der Waals surface area contributed by atoms with Gasteiger partial charge in [-0.3, -0.25) is 0 Å². The molecule has 1 saturated heterocycles. The van der Waals surface area contributed by atoms with Gasteiger partial charge in [-0.05, 0) is 39.1 Å². The number of nitrogens with zero attached hydrogens (tertiary/aromatic N) is 3. The molecule has 8 heteroatoms. The number of rotatable bonds is 4. The largest absolute Gasteiger partial charge is 0.624 e. The maximum absolute atomic E-state index is 13.1. The second-order valence-corrected chi connectivity index (χ2v) is 8.62. The molecule has 1 aromatic carbocycles. The Kier molecular flexibility index (Phi) is 4.86. The van der Waals surface area contributed by atoms with Crippen molar-refractivity contribution in [2.24, 2.45) is 0 Å². The van der Waals surface area contributed by atoms with Gasteiger partial charge in [-0.15, -0.1) is 0 Å². The van der Waals surface area contributed by atoms with Crippen molar-refractivity contribution in [2.75, 3.05) is 33.2 Å². The van der Waals surface area contributed by atoms with Crippen LogP contribution in [0.1, 0.15) is 19.4 Å². The summed E-state index contributed by atoms with van der Waals surface area (Å²) in [6.07, 6.45) is 3.20. The van der Waals surface area contributed by atoms with Crippen LogP contribution in [0.4, 0.5) is 0 Å². The molecule has 25 heavy (non-hydrogen) atoms. The van der Waals surface area contributed by atoms with Crippen LogP contribution in [-0.2, 0) is 10.0 Å². The van der Waals surface area contributed by atoms with E-state index >= 15 is 0 Å². The highest BCUT2D eigenvalue weighted by Gasteiger charge is 2.29. The Morgan fingerprint density at radius 2 is 1.88 bits per heavy atom. The normalized spacial score (nSPS) is 18.3. The number of likely N-dealkylation sites (N-methyl/N-ethyl adjacent to an activating group) is 1. The molecule has 0 amide bonds. The smallest absolute Gasteiger partial charge is 0.243 e. The van der Waals surface area contributed by atoms with E-state index in [0.29, 0.717) is 29.6 Å². The van der Waals surface area contributed by atoms with Crippen molar-refractivity contribution in [2.45, 2.75) is 24.8 Å². The van der Waals surface area contributed by atoms with Crippen molar-refractivity contribution in [3.8, 4) is 0 Å². The average molecular weight is 364 g/mol. The molecule has 2 heterocycles. The second kappa shape index (κ2) is 6.78.